The van der Waals surface area contributed by atoms with Crippen molar-refractivity contribution in [3.8, 4) is 6.07 Å². The van der Waals surface area contributed by atoms with E-state index in [4.69, 9.17) is 11.6 Å². The van der Waals surface area contributed by atoms with Gasteiger partial charge in [-0.25, -0.2) is 22.8 Å². The Morgan fingerprint density at radius 3 is 2.54 bits per heavy atom. The maximum Gasteiger partial charge on any atom is 0.330 e. The Morgan fingerprint density at radius 2 is 2.00 bits per heavy atom. The van der Waals surface area contributed by atoms with Gasteiger partial charge in [-0.1, -0.05) is 23.7 Å². The lowest BCUT2D eigenvalue weighted by Gasteiger charge is -2.12. The highest BCUT2D eigenvalue weighted by Gasteiger charge is 2.39. The van der Waals surface area contributed by atoms with Gasteiger partial charge in [-0.3, -0.25) is 10.1 Å². The van der Waals surface area contributed by atoms with E-state index in [0.29, 0.717) is 0 Å². The van der Waals surface area contributed by atoms with Gasteiger partial charge >= 0.3 is 5.69 Å². The summed E-state index contributed by atoms with van der Waals surface area (Å²) in [6, 6.07) is 5.81. The van der Waals surface area contributed by atoms with Crippen molar-refractivity contribution in [2.24, 2.45) is 0 Å². The Balaban J connectivity index is 2.77. The van der Waals surface area contributed by atoms with Crippen LogP contribution in [-0.2, 0) is 9.84 Å². The van der Waals surface area contributed by atoms with Crippen LogP contribution in [0.3, 0.4) is 0 Å². The van der Waals surface area contributed by atoms with Crippen LogP contribution in [0.2, 0.25) is 5.15 Å². The predicted molar refractivity (Wildman–Crippen MR) is 80.4 cm³/mol. The van der Waals surface area contributed by atoms with Gasteiger partial charge in [-0.05, 0) is 19.1 Å². The molecule has 0 aliphatic carbocycles. The standard InChI is InChI=1S/C13H8ClFN4O4S/c1-7-17-11(12(19(20)21)13(14)18-7)10(6-16)24(22,23)9-5-3-2-4-8(9)15/h2-5,10H,1H3. The van der Waals surface area contributed by atoms with Crippen LogP contribution in [0.4, 0.5) is 10.1 Å². The minimum absolute atomic E-state index is 0.0652. The Hall–Kier alpha value is -2.64. The summed E-state index contributed by atoms with van der Waals surface area (Å²) < 4.78 is 39.0. The van der Waals surface area contributed by atoms with E-state index in [-0.39, 0.29) is 5.82 Å². The molecule has 0 radical (unpaired) electrons. The molecule has 11 heteroatoms. The number of nitriles is 1. The van der Waals surface area contributed by atoms with Gasteiger partial charge in [-0.2, -0.15) is 5.26 Å². The van der Waals surface area contributed by atoms with Crippen molar-refractivity contribution in [3.05, 3.63) is 56.9 Å². The second kappa shape index (κ2) is 6.46. The van der Waals surface area contributed by atoms with Crippen LogP contribution in [0.5, 0.6) is 0 Å². The molecule has 0 spiro atoms. The predicted octanol–water partition coefficient (Wildman–Crippen LogP) is 2.52. The number of hydrogen-bond donors (Lipinski definition) is 0. The molecule has 0 saturated heterocycles. The second-order valence-corrected chi connectivity index (χ2v) is 6.90. The van der Waals surface area contributed by atoms with Crippen LogP contribution in [0.25, 0.3) is 0 Å². The van der Waals surface area contributed by atoms with Gasteiger partial charge in [0.25, 0.3) is 0 Å². The van der Waals surface area contributed by atoms with Crippen LogP contribution < -0.4 is 0 Å². The summed E-state index contributed by atoms with van der Waals surface area (Å²) in [6.45, 7) is 1.32. The molecule has 0 N–H and O–H groups in total. The molecule has 1 aromatic carbocycles. The smallest absolute Gasteiger partial charge is 0.258 e. The van der Waals surface area contributed by atoms with Gasteiger partial charge in [0.2, 0.25) is 20.2 Å². The zero-order chi connectivity index (χ0) is 18.1. The molecule has 0 aliphatic heterocycles. The lowest BCUT2D eigenvalue weighted by molar-refractivity contribution is -0.386. The van der Waals surface area contributed by atoms with Gasteiger partial charge < -0.3 is 0 Å². The summed E-state index contributed by atoms with van der Waals surface area (Å²) in [7, 11) is -4.61. The Labute approximate surface area is 140 Å². The molecule has 24 heavy (non-hydrogen) atoms. The highest BCUT2D eigenvalue weighted by molar-refractivity contribution is 7.92. The fraction of sp³-hybridized carbons (Fsp3) is 0.154. The highest BCUT2D eigenvalue weighted by atomic mass is 35.5. The molecule has 0 saturated carbocycles. The van der Waals surface area contributed by atoms with Crippen molar-refractivity contribution in [2.45, 2.75) is 17.1 Å². The van der Waals surface area contributed by atoms with Crippen molar-refractivity contribution >= 4 is 27.1 Å². The molecule has 2 aromatic rings. The number of nitro groups is 1. The summed E-state index contributed by atoms with van der Waals surface area (Å²) in [5.74, 6) is -1.15. The van der Waals surface area contributed by atoms with Crippen molar-refractivity contribution in [1.29, 1.82) is 5.26 Å². The third kappa shape index (κ3) is 3.04. The first kappa shape index (κ1) is 17.7. The molecule has 1 atom stereocenters. The quantitative estimate of drug-likeness (QED) is 0.459. The van der Waals surface area contributed by atoms with E-state index in [2.05, 4.69) is 9.97 Å². The molecule has 1 heterocycles. The van der Waals surface area contributed by atoms with Gasteiger partial charge in [0.05, 0.1) is 11.0 Å². The zero-order valence-corrected chi connectivity index (χ0v) is 13.5. The molecular formula is C13H8ClFN4O4S. The molecule has 1 aromatic heterocycles. The molecular weight excluding hydrogens is 363 g/mol. The Kier molecular flexibility index (Phi) is 4.77. The number of sulfone groups is 1. The third-order valence-corrected chi connectivity index (χ3v) is 5.14. The van der Waals surface area contributed by atoms with Crippen LogP contribution >= 0.6 is 11.6 Å². The third-order valence-electron chi connectivity index (χ3n) is 2.98. The maximum atomic E-state index is 13.8. The number of hydrogen-bond acceptors (Lipinski definition) is 7. The number of nitrogens with zero attached hydrogens (tertiary/aromatic N) is 4. The summed E-state index contributed by atoms with van der Waals surface area (Å²) in [4.78, 5) is 16.7. The van der Waals surface area contributed by atoms with Crippen molar-refractivity contribution < 1.29 is 17.7 Å². The topological polar surface area (TPSA) is 127 Å². The SMILES string of the molecule is Cc1nc(Cl)c([N+](=O)[O-])c(C(C#N)S(=O)(=O)c2ccccc2F)n1. The van der Waals surface area contributed by atoms with Gasteiger partial charge in [0.15, 0.2) is 5.69 Å². The number of rotatable bonds is 4. The zero-order valence-electron chi connectivity index (χ0n) is 12.0. The molecule has 124 valence electrons. The normalized spacial score (nSPS) is 12.4. The van der Waals surface area contributed by atoms with E-state index in [9.17, 15) is 28.2 Å². The van der Waals surface area contributed by atoms with Crippen molar-refractivity contribution in [2.75, 3.05) is 0 Å². The Morgan fingerprint density at radius 1 is 1.38 bits per heavy atom. The van der Waals surface area contributed by atoms with E-state index in [1.54, 1.807) is 0 Å². The molecule has 0 amide bonds. The van der Waals surface area contributed by atoms with Gasteiger partial charge in [-0.15, -0.1) is 0 Å². The lowest BCUT2D eigenvalue weighted by Crippen LogP contribution is -2.17. The van der Waals surface area contributed by atoms with Crippen molar-refractivity contribution in [3.63, 3.8) is 0 Å². The van der Waals surface area contributed by atoms with Crippen molar-refractivity contribution in [1.82, 2.24) is 9.97 Å². The molecule has 0 fully saturated rings. The van der Waals surface area contributed by atoms with E-state index in [0.717, 1.165) is 12.1 Å². The van der Waals surface area contributed by atoms with Gasteiger partial charge in [0.1, 0.15) is 16.5 Å². The number of aryl methyl sites for hydroxylation is 1. The van der Waals surface area contributed by atoms with E-state index >= 15 is 0 Å². The summed E-state index contributed by atoms with van der Waals surface area (Å²) in [5.41, 5.74) is -1.61. The molecule has 8 nitrogen and oxygen atoms in total. The first-order valence-electron chi connectivity index (χ1n) is 6.26. The number of halogens is 2. The fourth-order valence-electron chi connectivity index (χ4n) is 1.98. The maximum absolute atomic E-state index is 13.8. The summed E-state index contributed by atoms with van der Waals surface area (Å²) >= 11 is 5.69. The van der Waals surface area contributed by atoms with Crippen LogP contribution in [0.1, 0.15) is 16.8 Å². The fourth-order valence-corrected chi connectivity index (χ4v) is 3.73. The first-order valence-corrected chi connectivity index (χ1v) is 8.19. The number of aromatic nitrogens is 2. The molecule has 0 bridgehead atoms. The molecule has 0 aliphatic rings. The highest BCUT2D eigenvalue weighted by Crippen LogP contribution is 2.36. The minimum Gasteiger partial charge on any atom is -0.258 e. The largest absolute Gasteiger partial charge is 0.330 e. The average Bonchev–Trinajstić information content (AvgIpc) is 2.46. The van der Waals surface area contributed by atoms with E-state index in [1.807, 2.05) is 0 Å². The molecule has 2 rings (SSSR count). The second-order valence-electron chi connectivity index (χ2n) is 4.54. The average molecular weight is 371 g/mol. The summed E-state index contributed by atoms with van der Waals surface area (Å²) in [5, 5.41) is 17.7. The van der Waals surface area contributed by atoms with Crippen LogP contribution in [0.15, 0.2) is 29.2 Å². The first-order chi connectivity index (χ1) is 11.2. The monoisotopic (exact) mass is 370 g/mol. The van der Waals surface area contributed by atoms with Crippen LogP contribution in [-0.4, -0.2) is 23.3 Å². The van der Waals surface area contributed by atoms with E-state index < -0.39 is 47.3 Å². The van der Waals surface area contributed by atoms with Gasteiger partial charge in [0, 0.05) is 0 Å². The van der Waals surface area contributed by atoms with E-state index in [1.165, 1.54) is 25.1 Å². The number of benzene rings is 1. The molecule has 1 unspecified atom stereocenters. The Bertz CT molecular complexity index is 974. The summed E-state index contributed by atoms with van der Waals surface area (Å²) in [6.07, 6.45) is 0. The van der Waals surface area contributed by atoms with Crippen LogP contribution in [0, 0.1) is 34.2 Å². The minimum atomic E-state index is -4.61. The lowest BCUT2D eigenvalue weighted by atomic mass is 10.2.